The zero-order valence-corrected chi connectivity index (χ0v) is 12.7. The molecule has 1 N–H and O–H groups in total. The van der Waals surface area contributed by atoms with Gasteiger partial charge in [-0.05, 0) is 21.1 Å². The predicted octanol–water partition coefficient (Wildman–Crippen LogP) is -0.661. The van der Waals surface area contributed by atoms with Crippen LogP contribution in [0.5, 0.6) is 0 Å². The van der Waals surface area contributed by atoms with Crippen LogP contribution in [0.15, 0.2) is 12.3 Å². The number of nitrogens with one attached hydrogen (secondary N) is 1. The summed E-state index contributed by atoms with van der Waals surface area (Å²) in [5, 5.41) is 2.79. The van der Waals surface area contributed by atoms with Crippen molar-refractivity contribution in [2.75, 3.05) is 27.7 Å². The van der Waals surface area contributed by atoms with Gasteiger partial charge in [0.05, 0.1) is 0 Å². The number of aromatic nitrogens is 1. The van der Waals surface area contributed by atoms with Crippen molar-refractivity contribution in [3.05, 3.63) is 23.4 Å². The number of rotatable bonds is 0. The first kappa shape index (κ1) is 13.4. The van der Waals surface area contributed by atoms with Crippen molar-refractivity contribution in [1.82, 2.24) is 15.2 Å². The maximum atomic E-state index is 11.3. The van der Waals surface area contributed by atoms with E-state index < -0.39 is 0 Å². The van der Waals surface area contributed by atoms with Gasteiger partial charge in [-0.2, -0.15) is 0 Å². The average molecular weight is 325 g/mol. The first-order valence-corrected chi connectivity index (χ1v) is 6.53. The molecule has 16 heavy (non-hydrogen) atoms. The predicted molar refractivity (Wildman–Crippen MR) is 65.3 cm³/mol. The molecule has 0 aliphatic carbocycles. The van der Waals surface area contributed by atoms with Crippen LogP contribution in [0.2, 0.25) is 0 Å². The molecular formula is C11H16N3OSn. The molecule has 85 valence electrons. The van der Waals surface area contributed by atoms with E-state index in [-0.39, 0.29) is 5.91 Å². The van der Waals surface area contributed by atoms with Crippen molar-refractivity contribution in [3.63, 3.8) is 0 Å². The van der Waals surface area contributed by atoms with Gasteiger partial charge < -0.3 is 4.90 Å². The first-order valence-electron chi connectivity index (χ1n) is 5.10. The number of hydrogen-bond donors (Lipinski definition) is 1. The van der Waals surface area contributed by atoms with Crippen molar-refractivity contribution >= 4 is 32.1 Å². The van der Waals surface area contributed by atoms with Gasteiger partial charge in [0.25, 0.3) is 0 Å². The van der Waals surface area contributed by atoms with Gasteiger partial charge in [0.15, 0.2) is 0 Å². The summed E-state index contributed by atoms with van der Waals surface area (Å²) in [6.07, 6.45) is 2.61. The summed E-state index contributed by atoms with van der Waals surface area (Å²) in [7, 11) is 6.00. The standard InChI is InChI=1S/C8H7N2O.C3H9N.Sn/c11-8-7-5-9-3-1-6(7)2-4-10-8;1-4(2)3;/h1,5H,2,4H2,(H,10,11);1-3H3;. The number of carbonyl (C=O) groups is 1. The van der Waals surface area contributed by atoms with Crippen LogP contribution in [0.3, 0.4) is 0 Å². The summed E-state index contributed by atoms with van der Waals surface area (Å²) < 4.78 is 1.07. The van der Waals surface area contributed by atoms with Crippen LogP contribution in [0.25, 0.3) is 0 Å². The van der Waals surface area contributed by atoms with Gasteiger partial charge in [0.1, 0.15) is 0 Å². The Hall–Kier alpha value is -0.621. The van der Waals surface area contributed by atoms with Crippen molar-refractivity contribution in [2.24, 2.45) is 0 Å². The van der Waals surface area contributed by atoms with Gasteiger partial charge in [-0.1, -0.05) is 0 Å². The minimum atomic E-state index is 0.0135. The second-order valence-electron chi connectivity index (χ2n) is 4.07. The fourth-order valence-electron chi connectivity index (χ4n) is 1.31. The minimum absolute atomic E-state index is 0.0135. The van der Waals surface area contributed by atoms with Crippen LogP contribution >= 0.6 is 0 Å². The molecular weight excluding hydrogens is 309 g/mol. The second-order valence-corrected chi connectivity index (χ2v) is 5.54. The fraction of sp³-hybridized carbons (Fsp3) is 0.455. The molecule has 3 radical (unpaired) electrons. The molecule has 1 aliphatic rings. The molecule has 1 aromatic rings. The van der Waals surface area contributed by atoms with Crippen molar-refractivity contribution in [3.8, 4) is 0 Å². The summed E-state index contributed by atoms with van der Waals surface area (Å²) >= 11 is 1.30. The molecule has 2 heterocycles. The summed E-state index contributed by atoms with van der Waals surface area (Å²) in [6.45, 7) is 0.755. The molecule has 0 saturated carbocycles. The number of pyridine rings is 1. The van der Waals surface area contributed by atoms with E-state index in [1.165, 1.54) is 22.5 Å². The van der Waals surface area contributed by atoms with Crippen LogP contribution in [0.1, 0.15) is 15.9 Å². The van der Waals surface area contributed by atoms with E-state index in [2.05, 4.69) is 10.3 Å². The number of fused-ring (bicyclic) bond motifs is 1. The number of nitrogens with zero attached hydrogens (tertiary/aromatic N) is 2. The molecule has 0 spiro atoms. The van der Waals surface area contributed by atoms with E-state index >= 15 is 0 Å². The van der Waals surface area contributed by atoms with E-state index in [9.17, 15) is 4.79 Å². The zero-order chi connectivity index (χ0) is 12.1. The van der Waals surface area contributed by atoms with Crippen LogP contribution in [-0.4, -0.2) is 66.0 Å². The number of amides is 1. The zero-order valence-electron chi connectivity index (χ0n) is 9.87. The topological polar surface area (TPSA) is 45.2 Å². The Morgan fingerprint density at radius 1 is 1.44 bits per heavy atom. The van der Waals surface area contributed by atoms with Gasteiger partial charge >= 0.3 is 83.6 Å². The van der Waals surface area contributed by atoms with E-state index in [1.807, 2.05) is 32.1 Å². The average Bonchev–Trinajstić information content (AvgIpc) is 2.16. The molecule has 1 aromatic heterocycles. The molecule has 0 atom stereocenters. The van der Waals surface area contributed by atoms with E-state index in [0.717, 1.165) is 27.8 Å². The Morgan fingerprint density at radius 3 is 2.69 bits per heavy atom. The monoisotopic (exact) mass is 326 g/mol. The van der Waals surface area contributed by atoms with Gasteiger partial charge in [-0.3, -0.25) is 0 Å². The Bertz CT molecular complexity index is 377. The second kappa shape index (κ2) is 6.20. The molecule has 0 fully saturated rings. The van der Waals surface area contributed by atoms with Crippen LogP contribution in [0.4, 0.5) is 0 Å². The van der Waals surface area contributed by atoms with Gasteiger partial charge in [-0.25, -0.2) is 0 Å². The van der Waals surface area contributed by atoms with E-state index in [1.54, 1.807) is 6.20 Å². The Labute approximate surface area is 110 Å². The molecule has 2 rings (SSSR count). The maximum absolute atomic E-state index is 11.3. The van der Waals surface area contributed by atoms with Crippen molar-refractivity contribution in [2.45, 2.75) is 6.42 Å². The molecule has 0 saturated heterocycles. The number of hydrogen-bond acceptors (Lipinski definition) is 3. The summed E-state index contributed by atoms with van der Waals surface area (Å²) in [5.41, 5.74) is 1.88. The summed E-state index contributed by atoms with van der Waals surface area (Å²) in [4.78, 5) is 17.4. The van der Waals surface area contributed by atoms with Gasteiger partial charge in [-0.15, -0.1) is 0 Å². The molecule has 0 bridgehead atoms. The molecule has 5 heteroatoms. The number of carbonyl (C=O) groups excluding carboxylic acids is 1. The molecule has 0 aromatic carbocycles. The Balaban J connectivity index is 0.000000280. The van der Waals surface area contributed by atoms with Crippen molar-refractivity contribution in [1.29, 1.82) is 0 Å². The summed E-state index contributed by atoms with van der Waals surface area (Å²) in [6, 6.07) is 2.02. The van der Waals surface area contributed by atoms with Crippen LogP contribution in [-0.2, 0) is 6.42 Å². The van der Waals surface area contributed by atoms with Gasteiger partial charge in [0, 0.05) is 0 Å². The summed E-state index contributed by atoms with van der Waals surface area (Å²) in [5.74, 6) is 0.0135. The first-order chi connectivity index (χ1) is 7.50. The normalized spacial score (nSPS) is 13.7. The van der Waals surface area contributed by atoms with Crippen molar-refractivity contribution < 1.29 is 4.79 Å². The quantitative estimate of drug-likeness (QED) is 0.644. The Kier molecular flexibility index (Phi) is 5.21. The molecule has 4 nitrogen and oxygen atoms in total. The van der Waals surface area contributed by atoms with Gasteiger partial charge in [0.2, 0.25) is 0 Å². The molecule has 0 unspecified atom stereocenters. The molecule has 1 aliphatic heterocycles. The third-order valence-corrected chi connectivity index (χ3v) is 2.69. The Morgan fingerprint density at radius 2 is 2.06 bits per heavy atom. The van der Waals surface area contributed by atoms with Crippen LogP contribution < -0.4 is 9.03 Å². The van der Waals surface area contributed by atoms with E-state index in [0.29, 0.717) is 0 Å². The van der Waals surface area contributed by atoms with Crippen LogP contribution in [0, 0.1) is 0 Å². The molecule has 1 amide bonds. The third-order valence-electron chi connectivity index (χ3n) is 1.91. The third kappa shape index (κ3) is 4.09. The fourth-order valence-corrected chi connectivity index (χ4v) is 2.00. The van der Waals surface area contributed by atoms with E-state index in [4.69, 9.17) is 0 Å². The SMILES string of the molecule is CN(C)C.O=C1NCCc2c[c]([Sn])ncc21.